The van der Waals surface area contributed by atoms with Crippen molar-refractivity contribution in [3.63, 3.8) is 0 Å². The number of urea groups is 1. The molecule has 2 saturated heterocycles. The fraction of sp³-hybridized carbons (Fsp3) is 0.651. The Morgan fingerprint density at radius 3 is 2.25 bits per heavy atom. The maximum atomic E-state index is 13.9. The van der Waals surface area contributed by atoms with Crippen molar-refractivity contribution in [2.45, 2.75) is 193 Å². The summed E-state index contributed by atoms with van der Waals surface area (Å²) in [6.45, 7) is 16.3. The van der Waals surface area contributed by atoms with Gasteiger partial charge in [0.15, 0.2) is 6.10 Å². The van der Waals surface area contributed by atoms with Gasteiger partial charge in [-0.3, -0.25) is 28.9 Å². The van der Waals surface area contributed by atoms with Crippen LogP contribution in [0.25, 0.3) is 0 Å². The third-order valence-electron chi connectivity index (χ3n) is 16.6. The number of hydrogen-bond acceptors (Lipinski definition) is 17. The first-order chi connectivity index (χ1) is 41.2. The maximum Gasteiger partial charge on any atom is 0.410 e. The average molecular weight is 1220 g/mol. The van der Waals surface area contributed by atoms with Crippen molar-refractivity contribution in [1.82, 2.24) is 30.7 Å². The largest absolute Gasteiger partial charge is 0.457 e. The molecule has 0 spiro atoms. The smallest absolute Gasteiger partial charge is 0.410 e. The second-order valence-electron chi connectivity index (χ2n) is 24.2. The van der Waals surface area contributed by atoms with Crippen LogP contribution in [0.5, 0.6) is 0 Å². The number of methoxy groups -OCH3 is 1. The number of anilines is 1. The van der Waals surface area contributed by atoms with Crippen LogP contribution in [0.15, 0.2) is 72.4 Å². The minimum Gasteiger partial charge on any atom is -0.457 e. The lowest BCUT2D eigenvalue weighted by Crippen LogP contribution is -2.53. The van der Waals surface area contributed by atoms with Gasteiger partial charge in [0.25, 0.3) is 11.8 Å². The van der Waals surface area contributed by atoms with Gasteiger partial charge in [-0.1, -0.05) is 77.5 Å². The van der Waals surface area contributed by atoms with Gasteiger partial charge < -0.3 is 75.8 Å². The number of hydrogen-bond donors (Lipinski definition) is 8. The van der Waals surface area contributed by atoms with E-state index in [1.165, 1.54) is 34.0 Å². The predicted octanol–water partition coefficient (Wildman–Crippen LogP) is 5.29. The number of amides is 8. The molecule has 1 aromatic rings. The molecular weight excluding hydrogens is 1120 g/mol. The van der Waals surface area contributed by atoms with Crippen LogP contribution >= 0.6 is 0 Å². The number of epoxide rings is 1. The van der Waals surface area contributed by atoms with Crippen LogP contribution in [0.3, 0.4) is 0 Å². The van der Waals surface area contributed by atoms with Crippen molar-refractivity contribution < 1.29 is 77.4 Å². The summed E-state index contributed by atoms with van der Waals surface area (Å²) in [6, 6.07) is 5.09. The Bertz CT molecular complexity index is 2580. The van der Waals surface area contributed by atoms with Gasteiger partial charge in [-0.15, -0.1) is 0 Å². The lowest BCUT2D eigenvalue weighted by Gasteiger charge is -2.38. The number of unbranched alkanes of at least 4 members (excludes halogenated alkanes) is 2. The molecule has 87 heavy (non-hydrogen) atoms. The molecule has 0 bridgehead atoms. The Labute approximate surface area is 512 Å². The van der Waals surface area contributed by atoms with E-state index >= 15 is 0 Å². The first-order valence-corrected chi connectivity index (χ1v) is 30.6. The van der Waals surface area contributed by atoms with E-state index in [4.69, 9.17) is 29.4 Å². The normalized spacial score (nSPS) is 25.3. The number of primary amides is 1. The number of ether oxygens (including phenoxy) is 5. The number of rotatable bonds is 29. The quantitative estimate of drug-likeness (QED) is 0.00961. The molecule has 24 heteroatoms. The lowest BCUT2D eigenvalue weighted by molar-refractivity contribution is -0.151. The van der Waals surface area contributed by atoms with E-state index in [0.717, 1.165) is 0 Å². The first-order valence-electron chi connectivity index (χ1n) is 30.6. The number of nitrogens with zero attached hydrogens (tertiary/aromatic N) is 3. The number of aliphatic hydroxyl groups excluding tert-OH is 2. The van der Waals surface area contributed by atoms with Gasteiger partial charge in [0.2, 0.25) is 11.8 Å². The van der Waals surface area contributed by atoms with Crippen LogP contribution in [0.2, 0.25) is 0 Å². The highest BCUT2D eigenvalue weighted by Gasteiger charge is 2.47. The molecule has 0 aromatic heterocycles. The fourth-order valence-electron chi connectivity index (χ4n) is 10.6. The van der Waals surface area contributed by atoms with Crippen molar-refractivity contribution in [1.29, 1.82) is 0 Å². The number of piperazine rings is 1. The minimum atomic E-state index is -1.22. The SMILES string of the molecule is CC[C@H](O)[C@@H](C)[C@H]1O[C@@H]1C[C@@](C)(O)/C=C/C=C(\C)[C@H]1OC(=O)C[C@H](O)CC[C@@](C)(OC)[C@@H](OC(=O)N2CCN(C(=O)OCc3ccc(NC(=O)[C@H](CCCNC(N)=O)NC[C@@H](NC(=O)CCCCCN4C(=O)C=CC4=O)C(C)C)cc3)CC2)/C=C/[C@@H]1C. The molecule has 0 unspecified atom stereocenters. The molecule has 4 aliphatic heterocycles. The Morgan fingerprint density at radius 2 is 1.62 bits per heavy atom. The summed E-state index contributed by atoms with van der Waals surface area (Å²) in [7, 11) is 1.49. The summed E-state index contributed by atoms with van der Waals surface area (Å²) in [6.07, 6.45) is 10.2. The van der Waals surface area contributed by atoms with Crippen LogP contribution in [0, 0.1) is 17.8 Å². The van der Waals surface area contributed by atoms with E-state index in [2.05, 4.69) is 21.3 Å². The molecule has 0 radical (unpaired) electrons. The van der Waals surface area contributed by atoms with Crippen LogP contribution in [-0.4, -0.2) is 191 Å². The van der Waals surface area contributed by atoms with Crippen molar-refractivity contribution in [3.8, 4) is 0 Å². The number of nitrogens with two attached hydrogens (primary N) is 1. The molecule has 484 valence electrons. The number of esters is 1. The zero-order valence-corrected chi connectivity index (χ0v) is 52.2. The molecule has 8 amide bonds. The summed E-state index contributed by atoms with van der Waals surface area (Å²) in [5, 5.41) is 44.2. The zero-order chi connectivity index (χ0) is 64.0. The minimum absolute atomic E-state index is 0.0143. The lowest BCUT2D eigenvalue weighted by atomic mass is 9.88. The van der Waals surface area contributed by atoms with Crippen LogP contribution in [-0.2, 0) is 54.3 Å². The molecule has 24 nitrogen and oxygen atoms in total. The number of nitrogens with one attached hydrogen (secondary N) is 4. The molecule has 5 rings (SSSR count). The maximum absolute atomic E-state index is 13.9. The summed E-state index contributed by atoms with van der Waals surface area (Å²) < 4.78 is 29.6. The summed E-state index contributed by atoms with van der Waals surface area (Å²) >= 11 is 0. The van der Waals surface area contributed by atoms with Gasteiger partial charge in [-0.25, -0.2) is 14.4 Å². The van der Waals surface area contributed by atoms with Crippen molar-refractivity contribution >= 4 is 53.5 Å². The predicted molar refractivity (Wildman–Crippen MR) is 324 cm³/mol. The molecule has 0 aliphatic carbocycles. The summed E-state index contributed by atoms with van der Waals surface area (Å²) in [5.74, 6) is -2.24. The first kappa shape index (κ1) is 71.1. The Hall–Kier alpha value is -6.70. The van der Waals surface area contributed by atoms with Crippen molar-refractivity contribution in [2.75, 3.05) is 58.2 Å². The summed E-state index contributed by atoms with van der Waals surface area (Å²) in [5.41, 5.74) is 4.72. The van der Waals surface area contributed by atoms with E-state index < -0.39 is 71.8 Å². The third-order valence-corrected chi connectivity index (χ3v) is 16.6. The van der Waals surface area contributed by atoms with Crippen LogP contribution in [0.4, 0.5) is 20.1 Å². The van der Waals surface area contributed by atoms with E-state index in [0.29, 0.717) is 68.3 Å². The van der Waals surface area contributed by atoms with Crippen molar-refractivity contribution in [2.24, 2.45) is 23.5 Å². The molecule has 4 heterocycles. The van der Waals surface area contributed by atoms with Crippen molar-refractivity contribution in [3.05, 3.63) is 77.9 Å². The molecule has 4 aliphatic rings. The number of allylic oxidation sites excluding steroid dienone is 2. The molecule has 2 fully saturated rings. The van der Waals surface area contributed by atoms with E-state index in [1.54, 1.807) is 75.4 Å². The monoisotopic (exact) mass is 1220 g/mol. The van der Waals surface area contributed by atoms with Gasteiger partial charge in [-0.2, -0.15) is 0 Å². The summed E-state index contributed by atoms with van der Waals surface area (Å²) in [4.78, 5) is 106. The number of imide groups is 1. The third kappa shape index (κ3) is 23.1. The van der Waals surface area contributed by atoms with E-state index in [1.807, 2.05) is 34.6 Å². The zero-order valence-electron chi connectivity index (χ0n) is 52.2. The topological polar surface area (TPSA) is 331 Å². The second-order valence-corrected chi connectivity index (χ2v) is 24.2. The Balaban J connectivity index is 1.11. The van der Waals surface area contributed by atoms with E-state index in [-0.39, 0.29) is 125 Å². The van der Waals surface area contributed by atoms with Crippen LogP contribution < -0.4 is 27.0 Å². The Morgan fingerprint density at radius 1 is 0.954 bits per heavy atom. The average Bonchev–Trinajstić information content (AvgIpc) is 2.25. The molecule has 9 N–H and O–H groups in total. The van der Waals surface area contributed by atoms with Gasteiger partial charge in [0.1, 0.15) is 18.3 Å². The molecule has 12 atom stereocenters. The molecule has 1 aromatic carbocycles. The second kappa shape index (κ2) is 34.2. The standard InChI is InChI=1S/C63H96N8O16/c1-10-49(73)43(6)57-50(85-57)37-62(7,82)28-14-16-41(4)56-42(5)19-24-51(63(8,83-9)29-27-46(72)36-55(77)87-56)86-61(81)70-34-32-69(33-35-70)60(80)84-39-44-20-22-45(23-21-44)67-58(78)47(17-15-30-65-59(64)79)66-38-48(40(2)3)68-52(74)18-12-11-13-31-71-53(75)25-26-54(71)76/h14,16,19-26,28,40,42-43,46-51,56-57,66,72-73,82H,10-13,15,17-18,27,29-39H2,1-9H3,(H,67,78)(H,68,74)(H3,64,65,79)/b24-19+,28-14+,41-16+/t42-,43+,46+,47-,48+,49-,50+,51-,56+,57+,62-,63+/m0/s1. The fourth-order valence-corrected chi connectivity index (χ4v) is 10.6. The number of carbonyl (C=O) groups is 8. The number of carbonyl (C=O) groups excluding carboxylic acids is 8. The highest BCUT2D eigenvalue weighted by molar-refractivity contribution is 6.12. The number of cyclic esters (lactones) is 1. The van der Waals surface area contributed by atoms with Gasteiger partial charge in [0.05, 0.1) is 42.5 Å². The van der Waals surface area contributed by atoms with Gasteiger partial charge in [-0.05, 0) is 101 Å². The molecular formula is C63H96N8O16. The highest BCUT2D eigenvalue weighted by atomic mass is 16.6. The van der Waals surface area contributed by atoms with Gasteiger partial charge in [0, 0.05) is 101 Å². The Kier molecular flexibility index (Phi) is 27.9. The molecule has 0 saturated carbocycles. The van der Waals surface area contributed by atoms with Crippen LogP contribution in [0.1, 0.15) is 132 Å². The highest BCUT2D eigenvalue weighted by Crippen LogP contribution is 2.38. The number of aliphatic hydroxyl groups is 3. The van der Waals surface area contributed by atoms with E-state index in [9.17, 15) is 53.7 Å². The number of benzene rings is 1. The van der Waals surface area contributed by atoms with Gasteiger partial charge >= 0.3 is 24.2 Å².